The summed E-state index contributed by atoms with van der Waals surface area (Å²) in [5, 5.41) is 98.0. The van der Waals surface area contributed by atoms with Crippen molar-refractivity contribution in [1.82, 2.24) is 0 Å². The van der Waals surface area contributed by atoms with Crippen molar-refractivity contribution in [2.45, 2.75) is 242 Å². The molecule has 0 aromatic carbocycles. The molecule has 5 aliphatic heterocycles. The highest BCUT2D eigenvalue weighted by molar-refractivity contribution is 7.80. The van der Waals surface area contributed by atoms with Crippen LogP contribution in [0.5, 0.6) is 0 Å². The molecule has 2 unspecified atom stereocenters. The summed E-state index contributed by atoms with van der Waals surface area (Å²) < 4.78 is 98.7. The van der Waals surface area contributed by atoms with Gasteiger partial charge >= 0.3 is 22.3 Å². The Morgan fingerprint density at radius 3 is 2.06 bits per heavy atom. The van der Waals surface area contributed by atoms with Gasteiger partial charge in [0.1, 0.15) is 91.1 Å². The first-order valence-electron chi connectivity index (χ1n) is 27.9. The molecule has 80 heavy (non-hydrogen) atoms. The lowest BCUT2D eigenvalue weighted by atomic mass is 9.41. The Kier molecular flexibility index (Phi) is 17.7. The van der Waals surface area contributed by atoms with Crippen molar-refractivity contribution in [3.63, 3.8) is 0 Å². The molecule has 27 atom stereocenters. The van der Waals surface area contributed by atoms with E-state index in [0.29, 0.717) is 51.4 Å². The first-order valence-corrected chi connectivity index (χ1v) is 29.3. The van der Waals surface area contributed by atoms with Crippen molar-refractivity contribution in [2.75, 3.05) is 19.8 Å². The van der Waals surface area contributed by atoms with Crippen molar-refractivity contribution >= 4 is 22.3 Å². The number of hydrogen-bond acceptors (Lipinski definition) is 24. The second kappa shape index (κ2) is 22.8. The largest absolute Gasteiger partial charge is 0.462 e. The van der Waals surface area contributed by atoms with Crippen molar-refractivity contribution in [2.24, 2.45) is 39.4 Å². The van der Waals surface area contributed by atoms with Crippen LogP contribution in [0.15, 0.2) is 23.3 Å². The fourth-order valence-electron chi connectivity index (χ4n) is 16.0. The molecule has 3 saturated carbocycles. The zero-order valence-corrected chi connectivity index (χ0v) is 47.5. The highest BCUT2D eigenvalue weighted by atomic mass is 32.3. The van der Waals surface area contributed by atoms with Gasteiger partial charge in [0.2, 0.25) is 0 Å². The number of hydrogen-bond donors (Lipinski definition) is 10. The summed E-state index contributed by atoms with van der Waals surface area (Å²) in [4.78, 5) is 27.4. The van der Waals surface area contributed by atoms with E-state index < -0.39 is 181 Å². The van der Waals surface area contributed by atoms with E-state index >= 15 is 0 Å². The summed E-state index contributed by atoms with van der Waals surface area (Å²) >= 11 is 0. The average molecular weight is 1170 g/mol. The van der Waals surface area contributed by atoms with Crippen LogP contribution < -0.4 is 0 Å². The molecule has 9 rings (SSSR count). The quantitative estimate of drug-likeness (QED) is 0.0584. The molecule has 0 amide bonds. The van der Waals surface area contributed by atoms with Crippen LogP contribution in [0.2, 0.25) is 0 Å². The minimum Gasteiger partial charge on any atom is -0.462 e. The third-order valence-corrected chi connectivity index (χ3v) is 20.4. The number of fused-ring (bicyclic) bond motifs is 4. The molecule has 456 valence electrons. The first kappa shape index (κ1) is 62.1. The van der Waals surface area contributed by atoms with E-state index in [9.17, 15) is 68.5 Å². The Bertz CT molecular complexity index is 2440. The summed E-state index contributed by atoms with van der Waals surface area (Å²) in [6.45, 7) is 15.5. The van der Waals surface area contributed by atoms with Gasteiger partial charge in [0, 0.05) is 12.3 Å². The zero-order chi connectivity index (χ0) is 58.6. The minimum absolute atomic E-state index is 0.0232. The molecule has 0 aromatic heterocycles. The molecular weight excluding hydrogens is 1080 g/mol. The second-order valence-electron chi connectivity index (χ2n) is 25.4. The maximum Gasteiger partial charge on any atom is 0.397 e. The van der Waals surface area contributed by atoms with E-state index in [1.807, 2.05) is 20.8 Å². The van der Waals surface area contributed by atoms with Crippen LogP contribution in [0.3, 0.4) is 0 Å². The topological polar surface area (TPSA) is 372 Å². The first-order chi connectivity index (χ1) is 37.3. The fraction of sp³-hybridized carbons (Fsp3) is 0.889. The molecule has 0 bridgehead atoms. The van der Waals surface area contributed by atoms with E-state index in [-0.39, 0.29) is 29.1 Å². The predicted molar refractivity (Wildman–Crippen MR) is 271 cm³/mol. The number of esters is 2. The third kappa shape index (κ3) is 10.8. The standard InChI is InChI=1S/C54H84O25S/c1-23(2)11-10-16-53(9)44-29(72-25(4)56)19-52(8)27-12-13-32-50(5,6)33(15-17-51(32,7)26(27)14-18-54(44,52)49(65)78-53)74-48-43(36(60)31(22-70-48)79-80(66,67)68)77-46-39(63)37(61)41(24(3)71-46)75-47-40(64)42(35(59)30(20-55)73-47)76-45-38(62)34(58)28(57)21-69-45/h11-12,24,26,28-48,55,57-64H,10,13-22H2,1-9H3,(H,66,67,68)/t24-,26?,28-,29+,30-,31-,32?,33+,34+,35-,36+,37-,38-,39-,40-,41-,42+,43-,44-,45+,46+,47+,48+,51-,52+,53+,54-/m1/s1. The number of allylic oxidation sites excluding steroid dienone is 4. The van der Waals surface area contributed by atoms with Crippen molar-refractivity contribution in [3.05, 3.63) is 23.3 Å². The number of cyclic esters (lactones) is 1. The van der Waals surface area contributed by atoms with Gasteiger partial charge in [0.05, 0.1) is 43.4 Å². The van der Waals surface area contributed by atoms with Gasteiger partial charge in [0.15, 0.2) is 25.2 Å². The highest BCUT2D eigenvalue weighted by Gasteiger charge is 2.79. The van der Waals surface area contributed by atoms with Crippen LogP contribution in [0.1, 0.15) is 114 Å². The van der Waals surface area contributed by atoms with Gasteiger partial charge in [0.25, 0.3) is 0 Å². The van der Waals surface area contributed by atoms with Crippen molar-refractivity contribution in [1.29, 1.82) is 0 Å². The average Bonchev–Trinajstić information content (AvgIpc) is 3.55. The summed E-state index contributed by atoms with van der Waals surface area (Å²) in [5.41, 5.74) is -1.07. The molecule has 0 radical (unpaired) electrons. The fourth-order valence-corrected chi connectivity index (χ4v) is 16.5. The van der Waals surface area contributed by atoms with Gasteiger partial charge in [-0.25, -0.2) is 4.18 Å². The Morgan fingerprint density at radius 1 is 0.750 bits per heavy atom. The van der Waals surface area contributed by atoms with Crippen LogP contribution >= 0.6 is 0 Å². The molecule has 0 aromatic rings. The molecule has 8 fully saturated rings. The summed E-state index contributed by atoms with van der Waals surface area (Å²) in [5.74, 6) is -0.995. The van der Waals surface area contributed by atoms with Crippen LogP contribution in [0.25, 0.3) is 0 Å². The van der Waals surface area contributed by atoms with E-state index in [2.05, 4.69) is 39.8 Å². The van der Waals surface area contributed by atoms with E-state index in [1.54, 1.807) is 0 Å². The normalized spacial score (nSPS) is 50.0. The molecule has 1 spiro atoms. The van der Waals surface area contributed by atoms with Gasteiger partial charge in [-0.15, -0.1) is 0 Å². The lowest BCUT2D eigenvalue weighted by molar-refractivity contribution is -0.386. The van der Waals surface area contributed by atoms with Crippen molar-refractivity contribution in [3.8, 4) is 0 Å². The van der Waals surface area contributed by atoms with Crippen molar-refractivity contribution < 1.29 is 120 Å². The van der Waals surface area contributed by atoms with Gasteiger partial charge in [-0.3, -0.25) is 14.1 Å². The molecule has 25 nitrogen and oxygen atoms in total. The van der Waals surface area contributed by atoms with Gasteiger partial charge < -0.3 is 93.3 Å². The molecule has 26 heteroatoms. The number of carbonyl (C=O) groups is 2. The number of carbonyl (C=O) groups excluding carboxylic acids is 2. The Hall–Kier alpha value is -2.39. The Labute approximate surface area is 465 Å². The van der Waals surface area contributed by atoms with E-state index in [1.165, 1.54) is 19.4 Å². The molecule has 9 aliphatic rings. The number of ether oxygens (including phenoxy) is 10. The van der Waals surface area contributed by atoms with Crippen LogP contribution in [-0.2, 0) is 71.5 Å². The lowest BCUT2D eigenvalue weighted by Gasteiger charge is -2.64. The molecule has 5 heterocycles. The van der Waals surface area contributed by atoms with Crippen LogP contribution in [-0.4, -0.2) is 219 Å². The monoisotopic (exact) mass is 1160 g/mol. The smallest absolute Gasteiger partial charge is 0.397 e. The van der Waals surface area contributed by atoms with E-state index in [0.717, 1.165) is 5.57 Å². The zero-order valence-electron chi connectivity index (χ0n) is 46.7. The minimum atomic E-state index is -5.17. The Morgan fingerprint density at radius 2 is 1.40 bits per heavy atom. The maximum atomic E-state index is 14.7. The summed E-state index contributed by atoms with van der Waals surface area (Å²) in [7, 11) is -5.17. The summed E-state index contributed by atoms with van der Waals surface area (Å²) in [6, 6.07) is 0. The predicted octanol–water partition coefficient (Wildman–Crippen LogP) is -0.0342. The Balaban J connectivity index is 0.920. The lowest BCUT2D eigenvalue weighted by Crippen LogP contribution is -2.66. The summed E-state index contributed by atoms with van der Waals surface area (Å²) in [6.07, 6.45) is -22.9. The third-order valence-electron chi connectivity index (χ3n) is 19.9. The van der Waals surface area contributed by atoms with Gasteiger partial charge in [-0.2, -0.15) is 8.42 Å². The number of aliphatic hydroxyl groups is 9. The number of rotatable bonds is 15. The van der Waals surface area contributed by atoms with Gasteiger partial charge in [-0.1, -0.05) is 51.0 Å². The van der Waals surface area contributed by atoms with Crippen LogP contribution in [0, 0.1) is 39.4 Å². The molecule has 5 saturated heterocycles. The molecular formula is C54H84O25S. The van der Waals surface area contributed by atoms with Crippen LogP contribution in [0.4, 0.5) is 0 Å². The van der Waals surface area contributed by atoms with E-state index in [4.69, 9.17) is 51.6 Å². The molecule has 10 N–H and O–H groups in total. The van der Waals surface area contributed by atoms with Gasteiger partial charge in [-0.05, 0) is 102 Å². The maximum absolute atomic E-state index is 14.7. The second-order valence-corrected chi connectivity index (χ2v) is 26.4. The highest BCUT2D eigenvalue weighted by Crippen LogP contribution is 2.77. The SMILES string of the molecule is CC(=O)O[C@H]1C[C@@]2(C)C3=CCC4C(C)(C)[C@@H](O[C@@H]5OC[C@@H](OS(=O)(=O)O)[C@H](O)[C@H]5O[C@@H]5O[C@H](C)[C@@H](O[C@@H]6O[C@H](CO)[C@@H](O)[C@H](O[C@@H]7OC[C@@H](O)[C@H](O)[C@H]7O)[C@H]6O)[C@H](O)[C@H]5O)CC[C@]4(C)C3CC[C@@]23C(=O)O[C@@](C)(CCC=C(C)C)[C@@H]13. The molecule has 4 aliphatic carbocycles. The number of aliphatic hydroxyl groups excluding tert-OH is 9.